The van der Waals surface area contributed by atoms with Crippen LogP contribution < -0.4 is 10.6 Å². The van der Waals surface area contributed by atoms with Crippen molar-refractivity contribution in [3.63, 3.8) is 0 Å². The molecule has 3 heterocycles. The Morgan fingerprint density at radius 2 is 2.22 bits per heavy atom. The minimum atomic E-state index is -0.426. The number of carbonyl (C=O) groups excluding carboxylic acids is 1. The summed E-state index contributed by atoms with van der Waals surface area (Å²) in [5, 5.41) is 17.3. The van der Waals surface area contributed by atoms with Crippen molar-refractivity contribution in [3.05, 3.63) is 44.2 Å². The van der Waals surface area contributed by atoms with Crippen LogP contribution in [0.15, 0.2) is 22.7 Å². The zero-order valence-electron chi connectivity index (χ0n) is 12.5. The second-order valence-corrected chi connectivity index (χ2v) is 7.97. The second-order valence-electron chi connectivity index (χ2n) is 5.95. The number of phenolic OH excluding ortho intramolecular Hbond substituents is 1. The molecule has 1 aromatic heterocycles. The van der Waals surface area contributed by atoms with Crippen molar-refractivity contribution in [1.82, 2.24) is 10.2 Å². The minimum absolute atomic E-state index is 0.0646. The molecule has 1 atom stereocenters. The molecule has 23 heavy (non-hydrogen) atoms. The van der Waals surface area contributed by atoms with E-state index in [1.54, 1.807) is 23.5 Å². The van der Waals surface area contributed by atoms with Gasteiger partial charge < -0.3 is 20.6 Å². The highest BCUT2D eigenvalue weighted by atomic mass is 79.9. The van der Waals surface area contributed by atoms with Crippen LogP contribution in [0.3, 0.4) is 0 Å². The Kier molecular flexibility index (Phi) is 3.59. The number of thiophene rings is 1. The van der Waals surface area contributed by atoms with E-state index in [9.17, 15) is 9.90 Å². The van der Waals surface area contributed by atoms with Crippen molar-refractivity contribution in [3.8, 4) is 5.75 Å². The molecule has 0 spiro atoms. The van der Waals surface area contributed by atoms with Gasteiger partial charge in [-0.25, -0.2) is 0 Å². The van der Waals surface area contributed by atoms with Crippen LogP contribution in [-0.2, 0) is 13.0 Å². The maximum Gasteiger partial charge on any atom is 0.256 e. The lowest BCUT2D eigenvalue weighted by molar-refractivity contribution is 0.0934. The Hall–Kier alpha value is -1.57. The predicted octanol–water partition coefficient (Wildman–Crippen LogP) is 3.06. The minimum Gasteiger partial charge on any atom is -0.508 e. The summed E-state index contributed by atoms with van der Waals surface area (Å²) in [6, 6.07) is 5.21. The number of nitrogens with zero attached hydrogens (tertiary/aromatic N) is 1. The fraction of sp³-hybridized carbons (Fsp3) is 0.312. The van der Waals surface area contributed by atoms with E-state index >= 15 is 0 Å². The first-order chi connectivity index (χ1) is 11.0. The lowest BCUT2D eigenvalue weighted by atomic mass is 10.0. The SMILES string of the molecule is CN1CCc2c(sc3c2C(=O)N[C@@H](c2cc(Br)ccc2O)N3)C1. The lowest BCUT2D eigenvalue weighted by Gasteiger charge is -2.27. The van der Waals surface area contributed by atoms with E-state index in [4.69, 9.17) is 0 Å². The van der Waals surface area contributed by atoms with E-state index in [1.807, 2.05) is 6.07 Å². The molecule has 2 aliphatic heterocycles. The predicted molar refractivity (Wildman–Crippen MR) is 94.0 cm³/mol. The molecule has 7 heteroatoms. The number of hydrogen-bond donors (Lipinski definition) is 3. The molecule has 3 N–H and O–H groups in total. The number of hydrogen-bond acceptors (Lipinski definition) is 5. The van der Waals surface area contributed by atoms with E-state index in [0.29, 0.717) is 5.56 Å². The van der Waals surface area contributed by atoms with E-state index in [1.165, 1.54) is 10.4 Å². The van der Waals surface area contributed by atoms with Crippen molar-refractivity contribution in [1.29, 1.82) is 0 Å². The van der Waals surface area contributed by atoms with Gasteiger partial charge in [0.05, 0.1) is 5.56 Å². The summed E-state index contributed by atoms with van der Waals surface area (Å²) in [5.74, 6) is 0.0979. The molecule has 0 saturated carbocycles. The highest BCUT2D eigenvalue weighted by Crippen LogP contribution is 2.41. The zero-order chi connectivity index (χ0) is 16.1. The number of nitrogens with one attached hydrogen (secondary N) is 2. The summed E-state index contributed by atoms with van der Waals surface area (Å²) in [4.78, 5) is 16.1. The summed E-state index contributed by atoms with van der Waals surface area (Å²) < 4.78 is 0.860. The number of carbonyl (C=O) groups is 1. The standard InChI is InChI=1S/C16H16BrN3O2S/c1-20-5-4-9-12(7-20)23-16-13(9)15(22)18-14(19-16)10-6-8(17)2-3-11(10)21/h2-3,6,14,19,21H,4-5,7H2,1H3,(H,18,22)/t14-/m1/s1. The Labute approximate surface area is 146 Å². The van der Waals surface area contributed by atoms with Gasteiger partial charge >= 0.3 is 0 Å². The molecule has 0 aliphatic carbocycles. The van der Waals surface area contributed by atoms with Crippen molar-refractivity contribution in [2.24, 2.45) is 0 Å². The maximum absolute atomic E-state index is 12.6. The van der Waals surface area contributed by atoms with Gasteiger partial charge in [-0.05, 0) is 37.2 Å². The second kappa shape index (κ2) is 5.51. The molecular weight excluding hydrogens is 378 g/mol. The average Bonchev–Trinajstić information content (AvgIpc) is 2.87. The molecule has 1 aromatic carbocycles. The van der Waals surface area contributed by atoms with Crippen LogP contribution in [0.4, 0.5) is 5.00 Å². The van der Waals surface area contributed by atoms with E-state index in [0.717, 1.165) is 34.5 Å². The van der Waals surface area contributed by atoms with Crippen LogP contribution in [0.1, 0.15) is 32.5 Å². The van der Waals surface area contributed by atoms with E-state index in [2.05, 4.69) is 38.5 Å². The maximum atomic E-state index is 12.6. The van der Waals surface area contributed by atoms with Crippen molar-refractivity contribution >= 4 is 38.2 Å². The Morgan fingerprint density at radius 3 is 3.04 bits per heavy atom. The molecule has 2 aliphatic rings. The first-order valence-electron chi connectivity index (χ1n) is 7.42. The fourth-order valence-electron chi connectivity index (χ4n) is 3.16. The van der Waals surface area contributed by atoms with Gasteiger partial charge in [0.15, 0.2) is 0 Å². The summed E-state index contributed by atoms with van der Waals surface area (Å²) in [5.41, 5.74) is 2.61. The monoisotopic (exact) mass is 393 g/mol. The van der Waals surface area contributed by atoms with Gasteiger partial charge in [0.2, 0.25) is 0 Å². The summed E-state index contributed by atoms with van der Waals surface area (Å²) >= 11 is 5.06. The zero-order valence-corrected chi connectivity index (χ0v) is 14.9. The van der Waals surface area contributed by atoms with Crippen LogP contribution in [0.5, 0.6) is 5.75 Å². The molecule has 4 rings (SSSR count). The Morgan fingerprint density at radius 1 is 1.39 bits per heavy atom. The average molecular weight is 394 g/mol. The van der Waals surface area contributed by atoms with Gasteiger partial charge in [-0.3, -0.25) is 4.79 Å². The van der Waals surface area contributed by atoms with Gasteiger partial charge in [0.1, 0.15) is 16.9 Å². The number of rotatable bonds is 1. The summed E-state index contributed by atoms with van der Waals surface area (Å²) in [6.45, 7) is 1.86. The topological polar surface area (TPSA) is 64.6 Å². The normalized spacial score (nSPS) is 20.4. The van der Waals surface area contributed by atoms with Gasteiger partial charge in [-0.15, -0.1) is 11.3 Å². The van der Waals surface area contributed by atoms with Gasteiger partial charge in [0, 0.05) is 28.0 Å². The summed E-state index contributed by atoms with van der Waals surface area (Å²) in [6.07, 6.45) is 0.477. The first-order valence-corrected chi connectivity index (χ1v) is 9.03. The molecule has 2 aromatic rings. The van der Waals surface area contributed by atoms with E-state index < -0.39 is 6.17 Å². The number of aromatic hydroxyl groups is 1. The van der Waals surface area contributed by atoms with Crippen LogP contribution in [0.2, 0.25) is 0 Å². The molecule has 0 radical (unpaired) electrons. The number of fused-ring (bicyclic) bond motifs is 3. The van der Waals surface area contributed by atoms with E-state index in [-0.39, 0.29) is 11.7 Å². The largest absolute Gasteiger partial charge is 0.508 e. The van der Waals surface area contributed by atoms with Gasteiger partial charge in [-0.2, -0.15) is 0 Å². The van der Waals surface area contributed by atoms with Crippen molar-refractivity contribution in [2.45, 2.75) is 19.1 Å². The fourth-order valence-corrected chi connectivity index (χ4v) is 4.89. The molecule has 120 valence electrons. The molecule has 0 saturated heterocycles. The molecule has 0 fully saturated rings. The Balaban J connectivity index is 1.73. The number of amides is 1. The number of benzene rings is 1. The molecule has 5 nitrogen and oxygen atoms in total. The Bertz CT molecular complexity index is 805. The molecule has 1 amide bonds. The van der Waals surface area contributed by atoms with Crippen LogP contribution in [0.25, 0.3) is 0 Å². The highest BCUT2D eigenvalue weighted by molar-refractivity contribution is 9.10. The number of likely N-dealkylation sites (N-methyl/N-ethyl adjacent to an activating group) is 1. The van der Waals surface area contributed by atoms with Crippen molar-refractivity contribution < 1.29 is 9.90 Å². The third-order valence-corrected chi connectivity index (χ3v) is 5.97. The third-order valence-electron chi connectivity index (χ3n) is 4.33. The quantitative estimate of drug-likeness (QED) is 0.696. The molecule has 0 unspecified atom stereocenters. The molecule has 0 bridgehead atoms. The smallest absolute Gasteiger partial charge is 0.256 e. The van der Waals surface area contributed by atoms with Gasteiger partial charge in [-0.1, -0.05) is 15.9 Å². The first kappa shape index (κ1) is 15.0. The number of halogens is 1. The summed E-state index contributed by atoms with van der Waals surface area (Å²) in [7, 11) is 2.09. The van der Waals surface area contributed by atoms with Crippen LogP contribution in [-0.4, -0.2) is 29.5 Å². The third kappa shape index (κ3) is 2.52. The molecular formula is C16H16BrN3O2S. The number of anilines is 1. The van der Waals surface area contributed by atoms with Gasteiger partial charge in [0.25, 0.3) is 5.91 Å². The van der Waals surface area contributed by atoms with Crippen LogP contribution >= 0.6 is 27.3 Å². The van der Waals surface area contributed by atoms with Crippen molar-refractivity contribution in [2.75, 3.05) is 18.9 Å². The lowest BCUT2D eigenvalue weighted by Crippen LogP contribution is -2.38. The number of phenols is 1. The van der Waals surface area contributed by atoms with Crippen LogP contribution in [0, 0.1) is 0 Å². The highest BCUT2D eigenvalue weighted by Gasteiger charge is 2.33.